The van der Waals surface area contributed by atoms with Crippen LogP contribution >= 0.6 is 0 Å². The number of benzene rings is 3. The Labute approximate surface area is 258 Å². The summed E-state index contributed by atoms with van der Waals surface area (Å²) in [5.41, 5.74) is 7.02. The summed E-state index contributed by atoms with van der Waals surface area (Å²) in [6, 6.07) is 29.5. The van der Waals surface area contributed by atoms with Gasteiger partial charge in [-0.05, 0) is 18.9 Å². The van der Waals surface area contributed by atoms with E-state index < -0.39 is 0 Å². The summed E-state index contributed by atoms with van der Waals surface area (Å²) >= 11 is 0. The maximum Gasteiger partial charge on any atom is 0.111 e. The summed E-state index contributed by atoms with van der Waals surface area (Å²) in [5, 5.41) is 5.46. The Balaban J connectivity index is 0.00000230. The first kappa shape index (κ1) is 36.4. The maximum absolute atomic E-state index is 5.46. The van der Waals surface area contributed by atoms with Crippen molar-refractivity contribution in [3.05, 3.63) is 138 Å². The Bertz CT molecular complexity index is 1110. The molecule has 4 rings (SSSR count). The molecule has 3 aromatic rings. The molecule has 0 radical (unpaired) electrons. The van der Waals surface area contributed by atoms with Crippen molar-refractivity contribution in [3.63, 3.8) is 0 Å². The molecule has 0 bridgehead atoms. The molecule has 0 amide bonds. The van der Waals surface area contributed by atoms with Crippen LogP contribution in [-0.2, 0) is 38.7 Å². The van der Waals surface area contributed by atoms with Crippen molar-refractivity contribution >= 4 is 18.1 Å². The second kappa shape index (κ2) is 20.3. The Morgan fingerprint density at radius 1 is 0.846 bits per heavy atom. The van der Waals surface area contributed by atoms with Crippen LogP contribution in [0, 0.1) is 19.5 Å². The molecule has 1 atom stereocenters. The predicted octanol–water partition coefficient (Wildman–Crippen LogP) is 10.5. The molecule has 1 aliphatic rings. The van der Waals surface area contributed by atoms with E-state index in [1.807, 2.05) is 50.5 Å². The van der Waals surface area contributed by atoms with Gasteiger partial charge in [0.2, 0.25) is 0 Å². The monoisotopic (exact) mass is 687 g/mol. The first-order valence-corrected chi connectivity index (χ1v) is 13.9. The molecule has 3 heteroatoms. The third-order valence-corrected chi connectivity index (χ3v) is 6.00. The van der Waals surface area contributed by atoms with E-state index in [1.165, 1.54) is 11.1 Å². The van der Waals surface area contributed by atoms with E-state index in [0.29, 0.717) is 0 Å². The summed E-state index contributed by atoms with van der Waals surface area (Å²) in [5.74, 6) is 0. The SMILES string of the molecule is C=[N+]1C(c2[c-]cccc2)=CC=C[C-]1C([N-]c1c(CCC)cccc1CCC)c1ccccc1.CC.CC.[CH3-].[Hf]. The van der Waals surface area contributed by atoms with Crippen LogP contribution in [0.25, 0.3) is 11.0 Å². The molecule has 1 aliphatic heterocycles. The second-order valence-electron chi connectivity index (χ2n) is 8.41. The van der Waals surface area contributed by atoms with E-state index >= 15 is 0 Å². The topological polar surface area (TPSA) is 17.1 Å². The molecule has 1 unspecified atom stereocenters. The molecule has 0 fully saturated rings. The zero-order valence-corrected chi connectivity index (χ0v) is 28.8. The van der Waals surface area contributed by atoms with Gasteiger partial charge in [0, 0.05) is 25.8 Å². The van der Waals surface area contributed by atoms with E-state index in [1.54, 1.807) is 0 Å². The number of rotatable bonds is 9. The van der Waals surface area contributed by atoms with Crippen molar-refractivity contribution in [2.24, 2.45) is 0 Å². The standard InChI is InChI=1S/C31H32N2.2C2H6.CH3.Hf/c1-4-14-25-20-12-21-26(15-5-2)30(25)32-31(27-18-10-7-11-19-27)29-23-13-22-28(33(29)3)24-16-8-6-9-17-24;2*1-2;;/h6-13,16,18-23,31H,3-5,14-15H2,1-2H3;2*1-2H3;1H3;/q-2;;;-1;. The van der Waals surface area contributed by atoms with Crippen LogP contribution in [0.2, 0.25) is 0 Å². The van der Waals surface area contributed by atoms with Gasteiger partial charge in [0.25, 0.3) is 0 Å². The first-order chi connectivity index (χ1) is 18.2. The Kier molecular flexibility index (Phi) is 18.9. The molecule has 208 valence electrons. The molecule has 1 heterocycles. The molecule has 0 aromatic heterocycles. The fourth-order valence-corrected chi connectivity index (χ4v) is 4.41. The molecule has 0 N–H and O–H groups in total. The second-order valence-corrected chi connectivity index (χ2v) is 8.41. The van der Waals surface area contributed by atoms with Crippen molar-refractivity contribution < 1.29 is 30.4 Å². The molecule has 0 spiro atoms. The van der Waals surface area contributed by atoms with Gasteiger partial charge >= 0.3 is 0 Å². The quantitative estimate of drug-likeness (QED) is 0.121. The molecule has 0 aliphatic carbocycles. The summed E-state index contributed by atoms with van der Waals surface area (Å²) in [6.45, 7) is 16.9. The van der Waals surface area contributed by atoms with Gasteiger partial charge in [0.1, 0.15) is 5.70 Å². The van der Waals surface area contributed by atoms with E-state index in [4.69, 9.17) is 5.32 Å². The van der Waals surface area contributed by atoms with Crippen LogP contribution in [0.1, 0.15) is 82.7 Å². The van der Waals surface area contributed by atoms with Gasteiger partial charge in [-0.3, -0.25) is 4.58 Å². The minimum Gasteiger partial charge on any atom is -0.677 e. The molecule has 0 saturated heterocycles. The molecule has 3 aromatic carbocycles. The van der Waals surface area contributed by atoms with Crippen molar-refractivity contribution in [2.75, 3.05) is 0 Å². The van der Waals surface area contributed by atoms with Gasteiger partial charge in [-0.2, -0.15) is 0 Å². The van der Waals surface area contributed by atoms with Gasteiger partial charge in [0.15, 0.2) is 0 Å². The van der Waals surface area contributed by atoms with Crippen molar-refractivity contribution in [1.82, 2.24) is 0 Å². The van der Waals surface area contributed by atoms with Crippen molar-refractivity contribution in [1.29, 1.82) is 0 Å². The normalized spacial score (nSPS) is 12.3. The molecular weight excluding hydrogens is 639 g/mol. The fraction of sp³-hybridized carbons (Fsp3) is 0.306. The minimum atomic E-state index is -0.152. The van der Waals surface area contributed by atoms with Crippen molar-refractivity contribution in [2.45, 2.75) is 73.3 Å². The number of nitrogens with zero attached hydrogens (tertiary/aromatic N) is 2. The molecule has 39 heavy (non-hydrogen) atoms. The first-order valence-electron chi connectivity index (χ1n) is 13.9. The van der Waals surface area contributed by atoms with Crippen LogP contribution < -0.4 is 0 Å². The predicted molar refractivity (Wildman–Crippen MR) is 169 cm³/mol. The largest absolute Gasteiger partial charge is 0.677 e. The smallest absolute Gasteiger partial charge is 0.111 e. The van der Waals surface area contributed by atoms with Gasteiger partial charge in [-0.15, -0.1) is 42.1 Å². The average Bonchev–Trinajstić information content (AvgIpc) is 2.97. The number of para-hydroxylation sites is 1. The summed E-state index contributed by atoms with van der Waals surface area (Å²) < 4.78 is 2.02. The van der Waals surface area contributed by atoms with Crippen molar-refractivity contribution in [3.8, 4) is 0 Å². The van der Waals surface area contributed by atoms with Crippen LogP contribution in [0.3, 0.4) is 0 Å². The zero-order chi connectivity index (χ0) is 27.0. The number of hydrogen-bond acceptors (Lipinski definition) is 0. The van der Waals surface area contributed by atoms with E-state index in [2.05, 4.69) is 99.5 Å². The molecular formula is C36H47HfN2-3. The Hall–Kier alpha value is -2.65. The zero-order valence-electron chi connectivity index (χ0n) is 25.2. The van der Waals surface area contributed by atoms with Gasteiger partial charge in [-0.1, -0.05) is 137 Å². The van der Waals surface area contributed by atoms with Gasteiger partial charge in [0.05, 0.1) is 12.8 Å². The third-order valence-electron chi connectivity index (χ3n) is 6.00. The summed E-state index contributed by atoms with van der Waals surface area (Å²) in [4.78, 5) is 0. The number of hydrogen-bond donors (Lipinski definition) is 0. The number of allylic oxidation sites excluding steroid dienone is 2. The maximum atomic E-state index is 5.46. The van der Waals surface area contributed by atoms with E-state index in [9.17, 15) is 0 Å². The molecule has 0 saturated carbocycles. The Morgan fingerprint density at radius 2 is 1.44 bits per heavy atom. The average molecular weight is 686 g/mol. The van der Waals surface area contributed by atoms with E-state index in [0.717, 1.165) is 54.2 Å². The third kappa shape index (κ3) is 9.80. The van der Waals surface area contributed by atoms with Crippen LogP contribution in [-0.4, -0.2) is 11.3 Å². The summed E-state index contributed by atoms with van der Waals surface area (Å²) in [6.07, 6.45) is 10.6. The van der Waals surface area contributed by atoms with Crippen LogP contribution in [0.15, 0.2) is 91.0 Å². The Morgan fingerprint density at radius 3 is 1.97 bits per heavy atom. The summed E-state index contributed by atoms with van der Waals surface area (Å²) in [7, 11) is 0. The van der Waals surface area contributed by atoms with Gasteiger partial charge < -0.3 is 12.7 Å². The fourth-order valence-electron chi connectivity index (χ4n) is 4.41. The number of aryl methyl sites for hydroxylation is 2. The minimum absolute atomic E-state index is 0. The van der Waals surface area contributed by atoms with Gasteiger partial charge in [-0.25, -0.2) is 0 Å². The van der Waals surface area contributed by atoms with Crippen LogP contribution in [0.5, 0.6) is 0 Å². The van der Waals surface area contributed by atoms with E-state index in [-0.39, 0.29) is 39.3 Å². The van der Waals surface area contributed by atoms with Crippen LogP contribution in [0.4, 0.5) is 5.69 Å². The molecule has 2 nitrogen and oxygen atoms in total.